The van der Waals surface area contributed by atoms with Crippen molar-refractivity contribution < 1.29 is 17.6 Å². The van der Waals surface area contributed by atoms with Gasteiger partial charge in [-0.05, 0) is 25.1 Å². The van der Waals surface area contributed by atoms with E-state index < -0.39 is 27.8 Å². The largest absolute Gasteiger partial charge is 0.351 e. The van der Waals surface area contributed by atoms with Gasteiger partial charge in [0.25, 0.3) is 0 Å². The van der Waals surface area contributed by atoms with Crippen LogP contribution < -0.4 is 9.62 Å². The molecule has 1 atom stereocenters. The van der Waals surface area contributed by atoms with E-state index in [0.717, 1.165) is 16.6 Å². The minimum atomic E-state index is -3.72. The van der Waals surface area contributed by atoms with Crippen LogP contribution in [-0.4, -0.2) is 33.2 Å². The molecule has 1 aromatic rings. The van der Waals surface area contributed by atoms with Crippen LogP contribution in [0.25, 0.3) is 0 Å². The third-order valence-electron chi connectivity index (χ3n) is 2.57. The maximum absolute atomic E-state index is 13.2. The Morgan fingerprint density at radius 1 is 1.55 bits per heavy atom. The lowest BCUT2D eigenvalue weighted by atomic mass is 10.2. The number of hydrogen-bond acceptors (Lipinski definition) is 3. The number of benzene rings is 1. The van der Waals surface area contributed by atoms with Crippen molar-refractivity contribution in [1.29, 1.82) is 0 Å². The van der Waals surface area contributed by atoms with Crippen LogP contribution in [0.5, 0.6) is 0 Å². The first-order valence-corrected chi connectivity index (χ1v) is 7.75. The molecule has 0 aliphatic rings. The average molecular weight is 300 g/mol. The van der Waals surface area contributed by atoms with Gasteiger partial charge in [-0.1, -0.05) is 12.1 Å². The molecular weight excluding hydrogens is 283 g/mol. The molecule has 1 aromatic carbocycles. The second-order valence-electron chi connectivity index (χ2n) is 4.25. The van der Waals surface area contributed by atoms with Crippen LogP contribution in [-0.2, 0) is 14.8 Å². The highest BCUT2D eigenvalue weighted by Crippen LogP contribution is 2.21. The van der Waals surface area contributed by atoms with E-state index in [1.165, 1.54) is 31.2 Å². The van der Waals surface area contributed by atoms with E-state index >= 15 is 0 Å². The number of amides is 1. The Hall–Kier alpha value is -1.89. The molecule has 0 radical (unpaired) electrons. The van der Waals surface area contributed by atoms with Crippen LogP contribution in [0.4, 0.5) is 10.1 Å². The smallest absolute Gasteiger partial charge is 0.243 e. The molecule has 0 aliphatic carbocycles. The molecular formula is C13H17FN2O3S. The van der Waals surface area contributed by atoms with Gasteiger partial charge in [-0.2, -0.15) is 0 Å². The number of carbonyl (C=O) groups is 1. The first-order chi connectivity index (χ1) is 9.27. The molecule has 1 N–H and O–H groups in total. The number of rotatable bonds is 6. The topological polar surface area (TPSA) is 66.5 Å². The molecule has 0 aliphatic heterocycles. The number of nitrogens with one attached hydrogen (secondary N) is 1. The zero-order valence-electron chi connectivity index (χ0n) is 11.3. The zero-order valence-corrected chi connectivity index (χ0v) is 12.2. The van der Waals surface area contributed by atoms with Gasteiger partial charge in [0.1, 0.15) is 11.9 Å². The van der Waals surface area contributed by atoms with Gasteiger partial charge < -0.3 is 5.32 Å². The highest BCUT2D eigenvalue weighted by Gasteiger charge is 2.28. The summed E-state index contributed by atoms with van der Waals surface area (Å²) >= 11 is 0. The van der Waals surface area contributed by atoms with E-state index in [1.54, 1.807) is 0 Å². The van der Waals surface area contributed by atoms with Gasteiger partial charge in [0.2, 0.25) is 15.9 Å². The number of halogens is 1. The lowest BCUT2D eigenvalue weighted by molar-refractivity contribution is -0.121. The summed E-state index contributed by atoms with van der Waals surface area (Å²) in [6, 6.07) is 4.09. The number of carbonyl (C=O) groups excluding carboxylic acids is 1. The molecule has 0 fully saturated rings. The highest BCUT2D eigenvalue weighted by molar-refractivity contribution is 7.92. The fraction of sp³-hybridized carbons (Fsp3) is 0.308. The molecule has 5 nitrogen and oxygen atoms in total. The fourth-order valence-corrected chi connectivity index (χ4v) is 2.91. The molecule has 1 unspecified atom stereocenters. The van der Waals surface area contributed by atoms with Gasteiger partial charge in [-0.15, -0.1) is 6.58 Å². The van der Waals surface area contributed by atoms with Crippen molar-refractivity contribution in [3.05, 3.63) is 42.7 Å². The molecule has 20 heavy (non-hydrogen) atoms. The molecule has 0 heterocycles. The quantitative estimate of drug-likeness (QED) is 0.805. The normalized spacial score (nSPS) is 12.6. The summed E-state index contributed by atoms with van der Waals surface area (Å²) in [6.45, 7) is 5.12. The van der Waals surface area contributed by atoms with Crippen molar-refractivity contribution >= 4 is 21.6 Å². The molecule has 0 bridgehead atoms. The molecule has 0 saturated heterocycles. The van der Waals surface area contributed by atoms with Crippen LogP contribution >= 0.6 is 0 Å². The fourth-order valence-electron chi connectivity index (χ4n) is 1.74. The summed E-state index contributed by atoms with van der Waals surface area (Å²) in [5, 5.41) is 2.51. The maximum Gasteiger partial charge on any atom is 0.243 e. The van der Waals surface area contributed by atoms with Crippen molar-refractivity contribution in [2.24, 2.45) is 0 Å². The standard InChI is InChI=1S/C13H17FN2O3S/c1-4-8-15-13(17)10(2)16(20(3,18)19)12-7-5-6-11(14)9-12/h4-7,9-10H,1,8H2,2-3H3,(H,15,17). The lowest BCUT2D eigenvalue weighted by Gasteiger charge is -2.28. The van der Waals surface area contributed by atoms with Gasteiger partial charge in [0.15, 0.2) is 0 Å². The van der Waals surface area contributed by atoms with E-state index in [2.05, 4.69) is 11.9 Å². The summed E-state index contributed by atoms with van der Waals surface area (Å²) in [5.74, 6) is -1.06. The lowest BCUT2D eigenvalue weighted by Crippen LogP contribution is -2.47. The molecule has 110 valence electrons. The maximum atomic E-state index is 13.2. The van der Waals surface area contributed by atoms with Crippen molar-refractivity contribution in [3.8, 4) is 0 Å². The van der Waals surface area contributed by atoms with Crippen LogP contribution in [0.15, 0.2) is 36.9 Å². The average Bonchev–Trinajstić information content (AvgIpc) is 2.34. The number of anilines is 1. The zero-order chi connectivity index (χ0) is 15.3. The van der Waals surface area contributed by atoms with Gasteiger partial charge >= 0.3 is 0 Å². The Labute approximate surface area is 118 Å². The molecule has 7 heteroatoms. The molecule has 0 aromatic heterocycles. The van der Waals surface area contributed by atoms with Gasteiger partial charge in [0, 0.05) is 6.54 Å². The van der Waals surface area contributed by atoms with Crippen LogP contribution in [0, 0.1) is 5.82 Å². The summed E-state index contributed by atoms with van der Waals surface area (Å²) < 4.78 is 37.9. The van der Waals surface area contributed by atoms with E-state index in [9.17, 15) is 17.6 Å². The monoisotopic (exact) mass is 300 g/mol. The minimum Gasteiger partial charge on any atom is -0.351 e. The van der Waals surface area contributed by atoms with Crippen molar-refractivity contribution in [2.45, 2.75) is 13.0 Å². The van der Waals surface area contributed by atoms with Crippen LogP contribution in [0.3, 0.4) is 0 Å². The molecule has 1 amide bonds. The molecule has 0 saturated carbocycles. The second kappa shape index (κ2) is 6.51. The summed E-state index contributed by atoms with van der Waals surface area (Å²) in [7, 11) is -3.72. The van der Waals surface area contributed by atoms with Gasteiger partial charge in [-0.3, -0.25) is 9.10 Å². The van der Waals surface area contributed by atoms with E-state index in [0.29, 0.717) is 0 Å². The number of sulfonamides is 1. The van der Waals surface area contributed by atoms with Crippen LogP contribution in [0.2, 0.25) is 0 Å². The summed E-state index contributed by atoms with van der Waals surface area (Å²) in [5.41, 5.74) is 0.105. The predicted octanol–water partition coefficient (Wildman–Crippen LogP) is 1.28. The van der Waals surface area contributed by atoms with Crippen molar-refractivity contribution in [1.82, 2.24) is 5.32 Å². The second-order valence-corrected chi connectivity index (χ2v) is 6.11. The highest BCUT2D eigenvalue weighted by atomic mass is 32.2. The Bertz CT molecular complexity index is 601. The Balaban J connectivity index is 3.14. The Morgan fingerprint density at radius 2 is 2.20 bits per heavy atom. The number of nitrogens with zero attached hydrogens (tertiary/aromatic N) is 1. The minimum absolute atomic E-state index is 0.105. The first-order valence-electron chi connectivity index (χ1n) is 5.91. The Kier molecular flexibility index (Phi) is 5.26. The third kappa shape index (κ3) is 4.06. The van der Waals surface area contributed by atoms with E-state index in [4.69, 9.17) is 0 Å². The summed E-state index contributed by atoms with van der Waals surface area (Å²) in [6.07, 6.45) is 2.45. The van der Waals surface area contributed by atoms with Gasteiger partial charge in [-0.25, -0.2) is 12.8 Å². The van der Waals surface area contributed by atoms with E-state index in [1.807, 2.05) is 0 Å². The first kappa shape index (κ1) is 16.2. The number of hydrogen-bond donors (Lipinski definition) is 1. The SMILES string of the molecule is C=CCNC(=O)C(C)N(c1cccc(F)c1)S(C)(=O)=O. The van der Waals surface area contributed by atoms with Gasteiger partial charge in [0.05, 0.1) is 11.9 Å². The predicted molar refractivity (Wildman–Crippen MR) is 76.4 cm³/mol. The molecule has 0 spiro atoms. The third-order valence-corrected chi connectivity index (χ3v) is 3.81. The van der Waals surface area contributed by atoms with E-state index in [-0.39, 0.29) is 12.2 Å². The summed E-state index contributed by atoms with van der Waals surface area (Å²) in [4.78, 5) is 11.9. The van der Waals surface area contributed by atoms with Crippen LogP contribution in [0.1, 0.15) is 6.92 Å². The van der Waals surface area contributed by atoms with Crippen molar-refractivity contribution in [2.75, 3.05) is 17.1 Å². The Morgan fingerprint density at radius 3 is 2.70 bits per heavy atom. The molecule has 1 rings (SSSR count). The van der Waals surface area contributed by atoms with Crippen molar-refractivity contribution in [3.63, 3.8) is 0 Å².